The lowest BCUT2D eigenvalue weighted by molar-refractivity contribution is -0.139. The summed E-state index contributed by atoms with van der Waals surface area (Å²) >= 11 is 0. The Labute approximate surface area is 119 Å². The van der Waals surface area contributed by atoms with Crippen molar-refractivity contribution in [2.45, 2.75) is 18.9 Å². The minimum Gasteiger partial charge on any atom is -0.341 e. The summed E-state index contributed by atoms with van der Waals surface area (Å²) in [5, 5.41) is 0. The maximum absolute atomic E-state index is 12.2. The molecule has 1 saturated heterocycles. The number of amides is 2. The summed E-state index contributed by atoms with van der Waals surface area (Å²) in [6, 6.07) is 8.49. The minimum absolute atomic E-state index is 0.00129. The molecule has 20 heavy (non-hydrogen) atoms. The number of nitrogens with two attached hydrogens (primary N) is 1. The zero-order chi connectivity index (χ0) is 14.5. The number of rotatable bonds is 4. The van der Waals surface area contributed by atoms with Crippen LogP contribution in [0.25, 0.3) is 0 Å². The normalized spacial score (nSPS) is 16.0. The van der Waals surface area contributed by atoms with Gasteiger partial charge in [-0.15, -0.1) is 0 Å². The second-order valence-corrected chi connectivity index (χ2v) is 5.17. The first-order chi connectivity index (χ1) is 9.59. The van der Waals surface area contributed by atoms with Crippen LogP contribution in [0.3, 0.4) is 0 Å². The highest BCUT2D eigenvalue weighted by Crippen LogP contribution is 2.13. The van der Waals surface area contributed by atoms with Crippen LogP contribution in [0.1, 0.15) is 24.4 Å². The number of hydrogen-bond acceptors (Lipinski definition) is 3. The molecule has 0 spiro atoms. The van der Waals surface area contributed by atoms with Crippen LogP contribution >= 0.6 is 0 Å². The number of carbonyl (C=O) groups excluding carboxylic acids is 2. The first-order valence-electron chi connectivity index (χ1n) is 6.93. The van der Waals surface area contributed by atoms with Crippen molar-refractivity contribution in [3.8, 4) is 0 Å². The molecule has 1 aromatic rings. The highest BCUT2D eigenvalue weighted by Gasteiger charge is 2.24. The van der Waals surface area contributed by atoms with Crippen LogP contribution in [-0.4, -0.2) is 48.3 Å². The molecular weight excluding hydrogens is 254 g/mol. The smallest absolute Gasteiger partial charge is 0.244 e. The highest BCUT2D eigenvalue weighted by molar-refractivity contribution is 5.88. The summed E-state index contributed by atoms with van der Waals surface area (Å²) in [7, 11) is 1.62. The van der Waals surface area contributed by atoms with Crippen molar-refractivity contribution < 1.29 is 9.59 Å². The van der Waals surface area contributed by atoms with Crippen molar-refractivity contribution in [1.82, 2.24) is 9.80 Å². The van der Waals surface area contributed by atoms with Gasteiger partial charge in [0.15, 0.2) is 0 Å². The van der Waals surface area contributed by atoms with E-state index in [1.165, 1.54) is 4.90 Å². The molecular formula is C15H21N3O2. The monoisotopic (exact) mass is 275 g/mol. The van der Waals surface area contributed by atoms with E-state index in [2.05, 4.69) is 0 Å². The molecule has 1 aromatic carbocycles. The Balaban J connectivity index is 1.93. The molecule has 5 heteroatoms. The fourth-order valence-corrected chi connectivity index (χ4v) is 2.39. The van der Waals surface area contributed by atoms with Crippen LogP contribution in [0.5, 0.6) is 0 Å². The van der Waals surface area contributed by atoms with Crippen LogP contribution in [0.2, 0.25) is 0 Å². The Morgan fingerprint density at radius 1 is 1.25 bits per heavy atom. The van der Waals surface area contributed by atoms with Crippen molar-refractivity contribution in [3.63, 3.8) is 0 Å². The van der Waals surface area contributed by atoms with Gasteiger partial charge in [0.05, 0.1) is 6.54 Å². The van der Waals surface area contributed by atoms with Crippen LogP contribution in [0.15, 0.2) is 30.3 Å². The van der Waals surface area contributed by atoms with Crippen molar-refractivity contribution >= 4 is 11.8 Å². The second kappa shape index (κ2) is 6.52. The summed E-state index contributed by atoms with van der Waals surface area (Å²) in [6.45, 7) is 1.69. The fraction of sp³-hybridized carbons (Fsp3) is 0.467. The van der Waals surface area contributed by atoms with Gasteiger partial charge in [-0.3, -0.25) is 9.59 Å². The molecule has 2 amide bonds. The molecule has 0 bridgehead atoms. The average molecular weight is 275 g/mol. The van der Waals surface area contributed by atoms with Crippen molar-refractivity contribution in [1.29, 1.82) is 0 Å². The molecule has 2 rings (SSSR count). The van der Waals surface area contributed by atoms with Gasteiger partial charge in [-0.25, -0.2) is 0 Å². The van der Waals surface area contributed by atoms with Gasteiger partial charge in [0.25, 0.3) is 0 Å². The lowest BCUT2D eigenvalue weighted by atomic mass is 10.1. The number of carbonyl (C=O) groups is 2. The molecule has 0 saturated carbocycles. The minimum atomic E-state index is -0.715. The SMILES string of the molecule is CN(CC(=O)N1CCCC1)C(=O)[C@@H](N)c1ccccc1. The molecule has 0 aliphatic carbocycles. The standard InChI is InChI=1S/C15H21N3O2/c1-17(11-13(19)18-9-5-6-10-18)15(20)14(16)12-7-3-2-4-8-12/h2-4,7-8,14H,5-6,9-11,16H2,1H3/t14-/m0/s1. The van der Waals surface area contributed by atoms with Gasteiger partial charge in [0, 0.05) is 20.1 Å². The second-order valence-electron chi connectivity index (χ2n) is 5.17. The molecule has 108 valence electrons. The lowest BCUT2D eigenvalue weighted by Gasteiger charge is -2.24. The number of benzene rings is 1. The number of likely N-dealkylation sites (N-methyl/N-ethyl adjacent to an activating group) is 1. The predicted molar refractivity (Wildman–Crippen MR) is 76.8 cm³/mol. The van der Waals surface area contributed by atoms with Gasteiger partial charge in [-0.05, 0) is 18.4 Å². The van der Waals surface area contributed by atoms with Crippen LogP contribution < -0.4 is 5.73 Å². The first-order valence-corrected chi connectivity index (χ1v) is 6.93. The van der Waals surface area contributed by atoms with E-state index >= 15 is 0 Å². The van der Waals surface area contributed by atoms with Crippen LogP contribution in [0, 0.1) is 0 Å². The number of hydrogen-bond donors (Lipinski definition) is 1. The lowest BCUT2D eigenvalue weighted by Crippen LogP contribution is -2.43. The fourth-order valence-electron chi connectivity index (χ4n) is 2.39. The van der Waals surface area contributed by atoms with Crippen molar-refractivity contribution in [2.24, 2.45) is 5.73 Å². The summed E-state index contributed by atoms with van der Waals surface area (Å²) < 4.78 is 0. The van der Waals surface area contributed by atoms with Gasteiger partial charge in [0.1, 0.15) is 6.04 Å². The molecule has 1 fully saturated rings. The van der Waals surface area contributed by atoms with Gasteiger partial charge >= 0.3 is 0 Å². The average Bonchev–Trinajstić information content (AvgIpc) is 3.01. The number of nitrogens with zero attached hydrogens (tertiary/aromatic N) is 2. The Hall–Kier alpha value is -1.88. The van der Waals surface area contributed by atoms with Crippen LogP contribution in [0.4, 0.5) is 0 Å². The van der Waals surface area contributed by atoms with Gasteiger partial charge in [0.2, 0.25) is 11.8 Å². The Morgan fingerprint density at radius 3 is 2.45 bits per heavy atom. The number of likely N-dealkylation sites (tertiary alicyclic amines) is 1. The van der Waals surface area contributed by atoms with E-state index in [1.54, 1.807) is 11.9 Å². The highest BCUT2D eigenvalue weighted by atomic mass is 16.2. The van der Waals surface area contributed by atoms with Crippen LogP contribution in [-0.2, 0) is 9.59 Å². The topological polar surface area (TPSA) is 66.6 Å². The third kappa shape index (κ3) is 3.36. The summed E-state index contributed by atoms with van der Waals surface area (Å²) in [5.41, 5.74) is 6.71. The third-order valence-electron chi connectivity index (χ3n) is 3.63. The molecule has 1 aliphatic heterocycles. The van der Waals surface area contributed by atoms with E-state index in [9.17, 15) is 9.59 Å². The predicted octanol–water partition coefficient (Wildman–Crippen LogP) is 0.767. The van der Waals surface area contributed by atoms with E-state index in [0.29, 0.717) is 0 Å². The van der Waals surface area contributed by atoms with E-state index in [1.807, 2.05) is 30.3 Å². The zero-order valence-corrected chi connectivity index (χ0v) is 11.8. The van der Waals surface area contributed by atoms with E-state index in [0.717, 1.165) is 31.5 Å². The molecule has 0 unspecified atom stereocenters. The molecule has 1 atom stereocenters. The van der Waals surface area contributed by atoms with Crippen molar-refractivity contribution in [2.75, 3.05) is 26.7 Å². The molecule has 0 radical (unpaired) electrons. The maximum Gasteiger partial charge on any atom is 0.244 e. The van der Waals surface area contributed by atoms with Gasteiger partial charge < -0.3 is 15.5 Å². The Bertz CT molecular complexity index is 469. The Morgan fingerprint density at radius 2 is 1.85 bits per heavy atom. The molecule has 1 heterocycles. The van der Waals surface area contributed by atoms with E-state index < -0.39 is 6.04 Å². The summed E-state index contributed by atoms with van der Waals surface area (Å²) in [4.78, 5) is 27.5. The van der Waals surface area contributed by atoms with Gasteiger partial charge in [-0.2, -0.15) is 0 Å². The largest absolute Gasteiger partial charge is 0.341 e. The van der Waals surface area contributed by atoms with E-state index in [4.69, 9.17) is 5.73 Å². The van der Waals surface area contributed by atoms with Gasteiger partial charge in [-0.1, -0.05) is 30.3 Å². The first kappa shape index (κ1) is 14.5. The maximum atomic E-state index is 12.2. The Kier molecular flexibility index (Phi) is 4.74. The molecule has 1 aliphatic rings. The third-order valence-corrected chi connectivity index (χ3v) is 3.63. The molecule has 5 nitrogen and oxygen atoms in total. The quantitative estimate of drug-likeness (QED) is 0.882. The summed E-state index contributed by atoms with van der Waals surface area (Å²) in [5.74, 6) is -0.234. The van der Waals surface area contributed by atoms with Crippen molar-refractivity contribution in [3.05, 3.63) is 35.9 Å². The van der Waals surface area contributed by atoms with E-state index in [-0.39, 0.29) is 18.4 Å². The summed E-state index contributed by atoms with van der Waals surface area (Å²) in [6.07, 6.45) is 2.10. The zero-order valence-electron chi connectivity index (χ0n) is 11.8. The molecule has 0 aromatic heterocycles. The molecule has 2 N–H and O–H groups in total.